The number of fused-ring (bicyclic) bond motifs is 1. The molecule has 112 valence electrons. The number of rotatable bonds is 3. The van der Waals surface area contributed by atoms with Gasteiger partial charge in [-0.2, -0.15) is 8.73 Å². The minimum Gasteiger partial charge on any atom is -0.171 e. The van der Waals surface area contributed by atoms with E-state index in [1.165, 1.54) is 30.9 Å². The molecule has 0 radical (unpaired) electrons. The highest BCUT2D eigenvalue weighted by Gasteiger charge is 2.23. The van der Waals surface area contributed by atoms with Crippen molar-refractivity contribution >= 4 is 78.0 Å². The Morgan fingerprint density at radius 2 is 1.90 bits per heavy atom. The van der Waals surface area contributed by atoms with Gasteiger partial charge in [-0.1, -0.05) is 19.9 Å². The highest BCUT2D eigenvalue weighted by atomic mass is 79.9. The maximum Gasteiger partial charge on any atom is 0.124 e. The van der Waals surface area contributed by atoms with E-state index in [2.05, 4.69) is 56.0 Å². The minimum atomic E-state index is 1.03. The number of hydrogen-bond acceptors (Lipinski definition) is 5. The van der Waals surface area contributed by atoms with E-state index in [1.807, 2.05) is 13.8 Å². The van der Waals surface area contributed by atoms with E-state index in [0.717, 1.165) is 15.2 Å². The Labute approximate surface area is 149 Å². The van der Waals surface area contributed by atoms with E-state index in [0.29, 0.717) is 0 Å². The molecule has 1 aliphatic rings. The summed E-state index contributed by atoms with van der Waals surface area (Å²) in [7, 11) is 0. The SMILES string of the molecule is C/C=C(\SC)c1sc(-c2ccc(Br)s2)c2c1N=S=N2.CC. The molecule has 0 saturated heterocycles. The molecule has 0 spiro atoms. The van der Waals surface area contributed by atoms with Crippen molar-refractivity contribution in [3.8, 4) is 9.75 Å². The number of allylic oxidation sites excluding steroid dienone is 1. The maximum atomic E-state index is 4.47. The summed E-state index contributed by atoms with van der Waals surface area (Å²) in [6.07, 6.45) is 4.24. The van der Waals surface area contributed by atoms with Crippen molar-refractivity contribution < 1.29 is 0 Å². The van der Waals surface area contributed by atoms with Gasteiger partial charge in [0, 0.05) is 9.78 Å². The van der Waals surface area contributed by atoms with Crippen LogP contribution in [0.2, 0.25) is 0 Å². The van der Waals surface area contributed by atoms with Crippen molar-refractivity contribution in [1.29, 1.82) is 0 Å². The molecule has 7 heteroatoms. The fraction of sp³-hybridized carbons (Fsp3) is 0.286. The third kappa shape index (κ3) is 3.42. The summed E-state index contributed by atoms with van der Waals surface area (Å²) in [5.41, 5.74) is 2.07. The number of thioether (sulfide) groups is 1. The molecule has 2 nitrogen and oxygen atoms in total. The fourth-order valence-electron chi connectivity index (χ4n) is 1.80. The third-order valence-corrected chi connectivity index (χ3v) is 7.17. The first-order valence-electron chi connectivity index (χ1n) is 6.46. The Bertz CT molecular complexity index is 736. The van der Waals surface area contributed by atoms with Crippen LogP contribution in [0.25, 0.3) is 14.7 Å². The highest BCUT2D eigenvalue weighted by molar-refractivity contribution is 9.11. The molecule has 3 heterocycles. The van der Waals surface area contributed by atoms with Gasteiger partial charge in [-0.3, -0.25) is 0 Å². The van der Waals surface area contributed by atoms with Crippen molar-refractivity contribution in [2.24, 2.45) is 8.73 Å². The number of halogens is 1. The summed E-state index contributed by atoms with van der Waals surface area (Å²) in [6.45, 7) is 6.07. The molecule has 1 aliphatic heterocycles. The zero-order valence-corrected chi connectivity index (χ0v) is 17.0. The molecule has 0 atom stereocenters. The van der Waals surface area contributed by atoms with Crippen LogP contribution in [-0.2, 0) is 11.4 Å². The first-order valence-corrected chi connectivity index (χ1v) is 10.8. The van der Waals surface area contributed by atoms with E-state index < -0.39 is 0 Å². The normalized spacial score (nSPS) is 12.7. The molecule has 0 amide bonds. The Balaban J connectivity index is 0.000000774. The molecule has 21 heavy (non-hydrogen) atoms. The lowest BCUT2D eigenvalue weighted by atomic mass is 10.2. The van der Waals surface area contributed by atoms with E-state index in [-0.39, 0.29) is 0 Å². The Morgan fingerprint density at radius 1 is 1.19 bits per heavy atom. The maximum absolute atomic E-state index is 4.47. The quantitative estimate of drug-likeness (QED) is 0.427. The van der Waals surface area contributed by atoms with Gasteiger partial charge in [-0.15, -0.1) is 34.4 Å². The van der Waals surface area contributed by atoms with E-state index >= 15 is 0 Å². The predicted molar refractivity (Wildman–Crippen MR) is 105 cm³/mol. The van der Waals surface area contributed by atoms with Gasteiger partial charge in [0.25, 0.3) is 0 Å². The second kappa shape index (κ2) is 7.87. The Kier molecular flexibility index (Phi) is 6.43. The summed E-state index contributed by atoms with van der Waals surface area (Å²) in [6, 6.07) is 4.22. The monoisotopic (exact) mass is 418 g/mol. The second-order valence-corrected chi connectivity index (χ2v) is 8.54. The molecule has 0 N–H and O–H groups in total. The lowest BCUT2D eigenvalue weighted by molar-refractivity contribution is 1.50. The van der Waals surface area contributed by atoms with Gasteiger partial charge in [0.2, 0.25) is 0 Å². The van der Waals surface area contributed by atoms with Gasteiger partial charge in [0.15, 0.2) is 0 Å². The first-order chi connectivity index (χ1) is 10.2. The van der Waals surface area contributed by atoms with Crippen molar-refractivity contribution in [1.82, 2.24) is 0 Å². The summed E-state index contributed by atoms with van der Waals surface area (Å²) >= 11 is 10.1. The van der Waals surface area contributed by atoms with Crippen LogP contribution in [0.1, 0.15) is 25.6 Å². The van der Waals surface area contributed by atoms with Crippen molar-refractivity contribution in [3.63, 3.8) is 0 Å². The summed E-state index contributed by atoms with van der Waals surface area (Å²) in [4.78, 5) is 4.98. The molecule has 3 rings (SSSR count). The van der Waals surface area contributed by atoms with Crippen LogP contribution in [0.3, 0.4) is 0 Å². The van der Waals surface area contributed by atoms with Gasteiger partial charge in [0.05, 0.1) is 24.9 Å². The molecule has 0 aromatic carbocycles. The number of nitrogens with zero attached hydrogens (tertiary/aromatic N) is 2. The van der Waals surface area contributed by atoms with E-state index in [9.17, 15) is 0 Å². The van der Waals surface area contributed by atoms with Crippen LogP contribution in [0, 0.1) is 0 Å². The smallest absolute Gasteiger partial charge is 0.124 e. The Morgan fingerprint density at radius 3 is 2.48 bits per heavy atom. The van der Waals surface area contributed by atoms with Crippen molar-refractivity contribution in [2.75, 3.05) is 6.26 Å². The van der Waals surface area contributed by atoms with E-state index in [1.54, 1.807) is 34.4 Å². The first kappa shape index (κ1) is 17.1. The van der Waals surface area contributed by atoms with Crippen LogP contribution in [0.15, 0.2) is 30.7 Å². The van der Waals surface area contributed by atoms with Crippen LogP contribution in [0.4, 0.5) is 11.4 Å². The third-order valence-electron chi connectivity index (χ3n) is 2.63. The van der Waals surface area contributed by atoms with Crippen LogP contribution < -0.4 is 0 Å². The standard InChI is InChI=1S/C12H9BrN2S4.C2H6/c1-3-6(16-2)11-9-10(15-19-14-9)12(18-11)7-4-5-8(13)17-7;1-2/h3-5H,1-2H3;1-2H3/b6-3-;. The average Bonchev–Trinajstić information content (AvgIpc) is 3.20. The van der Waals surface area contributed by atoms with Crippen LogP contribution in [-0.4, -0.2) is 6.26 Å². The molecule has 0 aliphatic carbocycles. The largest absolute Gasteiger partial charge is 0.171 e. The molecule has 0 bridgehead atoms. The molecular formula is C14H15BrN2S4. The molecule has 2 aromatic heterocycles. The van der Waals surface area contributed by atoms with Crippen molar-refractivity contribution in [3.05, 3.63) is 26.9 Å². The summed E-state index contributed by atoms with van der Waals surface area (Å²) < 4.78 is 10.1. The number of hydrogen-bond donors (Lipinski definition) is 0. The minimum absolute atomic E-state index is 1.03. The molecular weight excluding hydrogens is 404 g/mol. The topological polar surface area (TPSA) is 24.7 Å². The molecule has 0 fully saturated rings. The predicted octanol–water partition coefficient (Wildman–Crippen LogP) is 7.72. The summed E-state index contributed by atoms with van der Waals surface area (Å²) in [5, 5.41) is 0. The molecule has 2 aromatic rings. The second-order valence-electron chi connectivity index (χ2n) is 3.68. The van der Waals surface area contributed by atoms with Crippen LogP contribution in [0.5, 0.6) is 0 Å². The van der Waals surface area contributed by atoms with Gasteiger partial charge < -0.3 is 0 Å². The van der Waals surface area contributed by atoms with Crippen molar-refractivity contribution in [2.45, 2.75) is 20.8 Å². The summed E-state index contributed by atoms with van der Waals surface area (Å²) in [5.74, 6) is 0. The molecule has 0 unspecified atom stereocenters. The zero-order valence-electron chi connectivity index (χ0n) is 12.1. The van der Waals surface area contributed by atoms with Crippen LogP contribution >= 0.6 is 50.4 Å². The number of thiophene rings is 2. The average molecular weight is 419 g/mol. The Hall–Kier alpha value is -0.210. The fourth-order valence-corrected chi connectivity index (χ4v) is 6.01. The molecule has 0 saturated carbocycles. The van der Waals surface area contributed by atoms with E-state index in [4.69, 9.17) is 0 Å². The highest BCUT2D eigenvalue weighted by Crippen LogP contribution is 2.54. The van der Waals surface area contributed by atoms with Gasteiger partial charge >= 0.3 is 0 Å². The lowest BCUT2D eigenvalue weighted by Crippen LogP contribution is -1.71. The van der Waals surface area contributed by atoms with Gasteiger partial charge in [-0.25, -0.2) is 0 Å². The van der Waals surface area contributed by atoms with Gasteiger partial charge in [0.1, 0.15) is 11.4 Å². The lowest BCUT2D eigenvalue weighted by Gasteiger charge is -1.99. The zero-order chi connectivity index (χ0) is 15.4. The van der Waals surface area contributed by atoms with Gasteiger partial charge in [-0.05, 0) is 41.2 Å².